The number of hydrogen-bond acceptors (Lipinski definition) is 4. The second-order valence-electron chi connectivity index (χ2n) is 5.23. The first-order valence-corrected chi connectivity index (χ1v) is 6.59. The van der Waals surface area contributed by atoms with Gasteiger partial charge in [0.2, 0.25) is 5.91 Å². The molecule has 0 radical (unpaired) electrons. The SMILES string of the molecule is C[C@@H]1CN(C(=O)N2CC(=O)NCC2C(=O)O)C[C@H](C)O1. The monoisotopic (exact) mass is 285 g/mol. The normalized spacial score (nSPS) is 30.9. The molecule has 8 heteroatoms. The summed E-state index contributed by atoms with van der Waals surface area (Å²) >= 11 is 0. The van der Waals surface area contributed by atoms with Crippen molar-refractivity contribution in [2.45, 2.75) is 32.1 Å². The van der Waals surface area contributed by atoms with Gasteiger partial charge in [-0.05, 0) is 13.8 Å². The third-order valence-corrected chi connectivity index (χ3v) is 3.40. The predicted molar refractivity (Wildman–Crippen MR) is 68.1 cm³/mol. The van der Waals surface area contributed by atoms with E-state index < -0.39 is 18.0 Å². The Balaban J connectivity index is 2.12. The molecule has 0 bridgehead atoms. The van der Waals surface area contributed by atoms with Gasteiger partial charge in [0.15, 0.2) is 0 Å². The summed E-state index contributed by atoms with van der Waals surface area (Å²) in [4.78, 5) is 37.7. The van der Waals surface area contributed by atoms with Gasteiger partial charge in [0, 0.05) is 19.6 Å². The van der Waals surface area contributed by atoms with Crippen molar-refractivity contribution in [1.29, 1.82) is 0 Å². The number of carboxylic acids is 1. The van der Waals surface area contributed by atoms with Gasteiger partial charge in [-0.1, -0.05) is 0 Å². The highest BCUT2D eigenvalue weighted by atomic mass is 16.5. The molecule has 2 N–H and O–H groups in total. The highest BCUT2D eigenvalue weighted by Gasteiger charge is 2.38. The van der Waals surface area contributed by atoms with Gasteiger partial charge in [-0.2, -0.15) is 0 Å². The van der Waals surface area contributed by atoms with E-state index in [2.05, 4.69) is 5.32 Å². The van der Waals surface area contributed by atoms with Crippen LogP contribution in [0.2, 0.25) is 0 Å². The van der Waals surface area contributed by atoms with Crippen LogP contribution in [0, 0.1) is 0 Å². The Bertz CT molecular complexity index is 417. The summed E-state index contributed by atoms with van der Waals surface area (Å²) in [5, 5.41) is 11.6. The molecule has 2 fully saturated rings. The van der Waals surface area contributed by atoms with E-state index in [1.807, 2.05) is 13.8 Å². The maximum absolute atomic E-state index is 12.5. The molecule has 0 aromatic rings. The smallest absolute Gasteiger partial charge is 0.328 e. The molecule has 0 aromatic heterocycles. The number of amides is 3. The summed E-state index contributed by atoms with van der Waals surface area (Å²) in [7, 11) is 0. The fraction of sp³-hybridized carbons (Fsp3) is 0.750. The first-order valence-electron chi connectivity index (χ1n) is 6.59. The van der Waals surface area contributed by atoms with Crippen molar-refractivity contribution in [2.24, 2.45) is 0 Å². The molecule has 3 atom stereocenters. The molecule has 2 rings (SSSR count). The quantitative estimate of drug-likeness (QED) is 0.650. The predicted octanol–water partition coefficient (Wildman–Crippen LogP) is -0.899. The van der Waals surface area contributed by atoms with Crippen LogP contribution in [0.25, 0.3) is 0 Å². The average Bonchev–Trinajstić information content (AvgIpc) is 2.36. The van der Waals surface area contributed by atoms with Gasteiger partial charge in [0.05, 0.1) is 12.2 Å². The van der Waals surface area contributed by atoms with E-state index in [1.54, 1.807) is 4.90 Å². The number of urea groups is 1. The molecule has 0 spiro atoms. The standard InChI is InChI=1S/C12H19N3O5/c1-7-4-14(5-8(2)20-7)12(19)15-6-10(16)13-3-9(15)11(17)18/h7-9H,3-6H2,1-2H3,(H,13,16)(H,17,18)/t7-,8+,9?. The highest BCUT2D eigenvalue weighted by molar-refractivity contribution is 5.90. The minimum atomic E-state index is -1.12. The van der Waals surface area contributed by atoms with Crippen molar-refractivity contribution in [3.05, 3.63) is 0 Å². The maximum Gasteiger partial charge on any atom is 0.328 e. The van der Waals surface area contributed by atoms with Gasteiger partial charge in [0.1, 0.15) is 12.6 Å². The van der Waals surface area contributed by atoms with E-state index >= 15 is 0 Å². The molecule has 112 valence electrons. The zero-order valence-electron chi connectivity index (χ0n) is 11.5. The number of morpholine rings is 1. The topological polar surface area (TPSA) is 99.2 Å². The Hall–Kier alpha value is -1.83. The van der Waals surface area contributed by atoms with Crippen LogP contribution in [-0.2, 0) is 14.3 Å². The molecule has 2 aliphatic heterocycles. The van der Waals surface area contributed by atoms with Crippen molar-refractivity contribution in [3.8, 4) is 0 Å². The summed E-state index contributed by atoms with van der Waals surface area (Å²) in [5.74, 6) is -1.46. The third kappa shape index (κ3) is 3.01. The van der Waals surface area contributed by atoms with Crippen LogP contribution in [0.3, 0.4) is 0 Å². The number of carboxylic acid groups (broad SMARTS) is 1. The number of carbonyl (C=O) groups is 3. The van der Waals surface area contributed by atoms with E-state index in [0.29, 0.717) is 13.1 Å². The third-order valence-electron chi connectivity index (χ3n) is 3.40. The number of carbonyl (C=O) groups excluding carboxylic acids is 2. The molecule has 1 unspecified atom stereocenters. The minimum Gasteiger partial charge on any atom is -0.480 e. The minimum absolute atomic E-state index is 0.0602. The van der Waals surface area contributed by atoms with Gasteiger partial charge in [-0.15, -0.1) is 0 Å². The highest BCUT2D eigenvalue weighted by Crippen LogP contribution is 2.15. The lowest BCUT2D eigenvalue weighted by molar-refractivity contribution is -0.144. The van der Waals surface area contributed by atoms with Gasteiger partial charge in [-0.25, -0.2) is 9.59 Å². The van der Waals surface area contributed by atoms with Crippen LogP contribution >= 0.6 is 0 Å². The summed E-state index contributed by atoms with van der Waals surface area (Å²) in [6.45, 7) is 4.22. The molecule has 0 aromatic carbocycles. The zero-order valence-corrected chi connectivity index (χ0v) is 11.5. The largest absolute Gasteiger partial charge is 0.480 e. The lowest BCUT2D eigenvalue weighted by atomic mass is 10.2. The van der Waals surface area contributed by atoms with Crippen molar-refractivity contribution >= 4 is 17.9 Å². The fourth-order valence-corrected chi connectivity index (χ4v) is 2.58. The number of piperazine rings is 1. The van der Waals surface area contributed by atoms with Crippen molar-refractivity contribution < 1.29 is 24.2 Å². The molecule has 8 nitrogen and oxygen atoms in total. The molecule has 2 aliphatic rings. The van der Waals surface area contributed by atoms with Crippen LogP contribution in [0.5, 0.6) is 0 Å². The molecule has 0 aliphatic carbocycles. The Kier molecular flexibility index (Phi) is 4.12. The molecule has 0 saturated carbocycles. The summed E-state index contributed by atoms with van der Waals surface area (Å²) in [6, 6.07) is -1.44. The molecule has 2 saturated heterocycles. The Morgan fingerprint density at radius 2 is 1.90 bits per heavy atom. The first kappa shape index (κ1) is 14.6. The van der Waals surface area contributed by atoms with Gasteiger partial charge >= 0.3 is 12.0 Å². The van der Waals surface area contributed by atoms with Crippen LogP contribution < -0.4 is 5.32 Å². The summed E-state index contributed by atoms with van der Waals surface area (Å²) < 4.78 is 5.54. The average molecular weight is 285 g/mol. The van der Waals surface area contributed by atoms with Crippen LogP contribution in [0.4, 0.5) is 4.79 Å². The Labute approximate surface area is 116 Å². The number of ether oxygens (including phenoxy) is 1. The summed E-state index contributed by atoms with van der Waals surface area (Å²) in [6.07, 6.45) is -0.214. The number of nitrogens with zero attached hydrogens (tertiary/aromatic N) is 2. The second kappa shape index (κ2) is 5.66. The molecular formula is C12H19N3O5. The van der Waals surface area contributed by atoms with E-state index in [-0.39, 0.29) is 31.2 Å². The van der Waals surface area contributed by atoms with Gasteiger partial charge in [-0.3, -0.25) is 9.69 Å². The lowest BCUT2D eigenvalue weighted by Crippen LogP contribution is -2.63. The van der Waals surface area contributed by atoms with Gasteiger partial charge in [0.25, 0.3) is 0 Å². The van der Waals surface area contributed by atoms with Crippen LogP contribution in [0.1, 0.15) is 13.8 Å². The van der Waals surface area contributed by atoms with E-state index in [9.17, 15) is 14.4 Å². The first-order chi connectivity index (χ1) is 9.38. The number of rotatable bonds is 1. The molecule has 20 heavy (non-hydrogen) atoms. The molecule has 3 amide bonds. The Morgan fingerprint density at radius 1 is 1.30 bits per heavy atom. The van der Waals surface area contributed by atoms with E-state index in [4.69, 9.17) is 9.84 Å². The number of hydrogen-bond donors (Lipinski definition) is 2. The number of nitrogens with one attached hydrogen (secondary N) is 1. The maximum atomic E-state index is 12.5. The zero-order chi connectivity index (χ0) is 14.9. The summed E-state index contributed by atoms with van der Waals surface area (Å²) in [5.41, 5.74) is 0. The molecular weight excluding hydrogens is 266 g/mol. The second-order valence-corrected chi connectivity index (χ2v) is 5.23. The Morgan fingerprint density at radius 3 is 2.45 bits per heavy atom. The fourth-order valence-electron chi connectivity index (χ4n) is 2.58. The van der Waals surface area contributed by atoms with Crippen molar-refractivity contribution in [2.75, 3.05) is 26.2 Å². The van der Waals surface area contributed by atoms with E-state index in [0.717, 1.165) is 4.90 Å². The lowest BCUT2D eigenvalue weighted by Gasteiger charge is -2.40. The van der Waals surface area contributed by atoms with E-state index in [1.165, 1.54) is 0 Å². The van der Waals surface area contributed by atoms with Crippen molar-refractivity contribution in [3.63, 3.8) is 0 Å². The van der Waals surface area contributed by atoms with Crippen LogP contribution in [0.15, 0.2) is 0 Å². The molecule has 2 heterocycles. The van der Waals surface area contributed by atoms with Gasteiger partial charge < -0.3 is 20.1 Å². The van der Waals surface area contributed by atoms with Crippen LogP contribution in [-0.4, -0.2) is 77.2 Å². The van der Waals surface area contributed by atoms with Crippen molar-refractivity contribution in [1.82, 2.24) is 15.1 Å². The number of aliphatic carboxylic acids is 1.